The third kappa shape index (κ3) is 7.65. The fraction of sp³-hybridized carbons (Fsp3) is 0.206. The van der Waals surface area contributed by atoms with Gasteiger partial charge in [0.1, 0.15) is 17.7 Å². The number of aromatic amines is 1. The summed E-state index contributed by atoms with van der Waals surface area (Å²) in [4.78, 5) is 38.2. The summed E-state index contributed by atoms with van der Waals surface area (Å²) < 4.78 is 28.6. The number of halogens is 3. The normalized spacial score (nSPS) is 14.0. The monoisotopic (exact) mass is 630 g/mol. The van der Waals surface area contributed by atoms with Crippen LogP contribution in [-0.4, -0.2) is 58.9 Å². The SMILES string of the molecule is Cl.O=C(N[C@@H](Cc1c[nH]c2ccccc12)C(=O)Nc1ccncc1)c1ccc(N2CCN(Cc3ccc(F)cc3)CC2)cc1F. The Balaban J connectivity index is 0.00000400. The van der Waals surface area contributed by atoms with Crippen LogP contribution < -0.4 is 15.5 Å². The first kappa shape index (κ1) is 31.6. The first-order chi connectivity index (χ1) is 21.4. The summed E-state index contributed by atoms with van der Waals surface area (Å²) in [7, 11) is 0. The van der Waals surface area contributed by atoms with Crippen LogP contribution in [-0.2, 0) is 17.8 Å². The number of fused-ring (bicyclic) bond motifs is 1. The van der Waals surface area contributed by atoms with Crippen LogP contribution in [0.25, 0.3) is 10.9 Å². The molecule has 0 spiro atoms. The molecule has 3 aromatic carbocycles. The minimum atomic E-state index is -0.969. The Kier molecular flexibility index (Phi) is 10.1. The van der Waals surface area contributed by atoms with E-state index in [0.717, 1.165) is 41.7 Å². The number of piperazine rings is 1. The minimum Gasteiger partial charge on any atom is -0.369 e. The van der Waals surface area contributed by atoms with Gasteiger partial charge in [-0.2, -0.15) is 0 Å². The van der Waals surface area contributed by atoms with Crippen molar-refractivity contribution >= 4 is 46.5 Å². The van der Waals surface area contributed by atoms with E-state index < -0.39 is 23.7 Å². The average Bonchev–Trinajstić information content (AvgIpc) is 3.45. The van der Waals surface area contributed by atoms with E-state index in [9.17, 15) is 14.0 Å². The van der Waals surface area contributed by atoms with Crippen molar-refractivity contribution in [2.75, 3.05) is 36.4 Å². The lowest BCUT2D eigenvalue weighted by Crippen LogP contribution is -2.46. The van der Waals surface area contributed by atoms with E-state index in [-0.39, 0.29) is 30.2 Å². The molecule has 2 amide bonds. The molecule has 11 heteroatoms. The molecular formula is C34H33ClF2N6O2. The van der Waals surface area contributed by atoms with Crippen molar-refractivity contribution in [2.45, 2.75) is 19.0 Å². The first-order valence-electron chi connectivity index (χ1n) is 14.5. The molecule has 5 aromatic rings. The second-order valence-electron chi connectivity index (χ2n) is 10.9. The van der Waals surface area contributed by atoms with Gasteiger partial charge in [-0.25, -0.2) is 8.78 Å². The number of pyridine rings is 1. The molecule has 2 aromatic heterocycles. The Bertz CT molecular complexity index is 1760. The molecule has 1 aliphatic rings. The van der Waals surface area contributed by atoms with Crippen LogP contribution in [0, 0.1) is 11.6 Å². The number of carbonyl (C=O) groups is 2. The Morgan fingerprint density at radius 2 is 1.64 bits per heavy atom. The van der Waals surface area contributed by atoms with Gasteiger partial charge in [-0.05, 0) is 59.7 Å². The molecule has 0 bridgehead atoms. The summed E-state index contributed by atoms with van der Waals surface area (Å²) in [6.45, 7) is 3.63. The molecule has 1 aliphatic heterocycles. The van der Waals surface area contributed by atoms with Crippen molar-refractivity contribution in [1.29, 1.82) is 0 Å². The highest BCUT2D eigenvalue weighted by Crippen LogP contribution is 2.23. The van der Waals surface area contributed by atoms with Crippen molar-refractivity contribution < 1.29 is 18.4 Å². The Labute approximate surface area is 265 Å². The number of hydrogen-bond donors (Lipinski definition) is 3. The van der Waals surface area contributed by atoms with Crippen LogP contribution in [0.1, 0.15) is 21.5 Å². The molecule has 1 fully saturated rings. The maximum absolute atomic E-state index is 15.4. The molecule has 8 nitrogen and oxygen atoms in total. The number of benzene rings is 3. The van der Waals surface area contributed by atoms with Gasteiger partial charge in [-0.3, -0.25) is 19.5 Å². The molecule has 0 radical (unpaired) electrons. The summed E-state index contributed by atoms with van der Waals surface area (Å²) in [6.07, 6.45) is 5.14. The number of H-pyrrole nitrogens is 1. The number of amides is 2. The Morgan fingerprint density at radius 3 is 2.38 bits per heavy atom. The number of hydrogen-bond acceptors (Lipinski definition) is 5. The molecule has 0 unspecified atom stereocenters. The van der Waals surface area contributed by atoms with Gasteiger partial charge in [-0.1, -0.05) is 30.3 Å². The number of anilines is 2. The molecule has 3 N–H and O–H groups in total. The van der Waals surface area contributed by atoms with Crippen molar-refractivity contribution in [3.8, 4) is 0 Å². The molecule has 1 atom stereocenters. The third-order valence-electron chi connectivity index (χ3n) is 7.92. The van der Waals surface area contributed by atoms with Crippen LogP contribution in [0.15, 0.2) is 97.5 Å². The quantitative estimate of drug-likeness (QED) is 0.198. The molecule has 0 saturated carbocycles. The average molecular weight is 631 g/mol. The molecule has 6 rings (SSSR count). The van der Waals surface area contributed by atoms with Crippen molar-refractivity contribution in [2.24, 2.45) is 0 Å². The molecule has 45 heavy (non-hydrogen) atoms. The van der Waals surface area contributed by atoms with Gasteiger partial charge in [0.05, 0.1) is 5.56 Å². The molecule has 232 valence electrons. The van der Waals surface area contributed by atoms with Crippen LogP contribution in [0.5, 0.6) is 0 Å². The molecular weight excluding hydrogens is 598 g/mol. The fourth-order valence-electron chi connectivity index (χ4n) is 5.53. The smallest absolute Gasteiger partial charge is 0.254 e. The number of para-hydroxylation sites is 1. The molecule has 0 aliphatic carbocycles. The maximum Gasteiger partial charge on any atom is 0.254 e. The first-order valence-corrected chi connectivity index (χ1v) is 14.5. The highest BCUT2D eigenvalue weighted by Gasteiger charge is 2.26. The predicted octanol–water partition coefficient (Wildman–Crippen LogP) is 5.56. The lowest BCUT2D eigenvalue weighted by molar-refractivity contribution is -0.118. The van der Waals surface area contributed by atoms with Gasteiger partial charge >= 0.3 is 0 Å². The Hall–Kier alpha value is -4.80. The zero-order chi connectivity index (χ0) is 30.5. The van der Waals surface area contributed by atoms with Gasteiger partial charge in [-0.15, -0.1) is 12.4 Å². The lowest BCUT2D eigenvalue weighted by Gasteiger charge is -2.36. The number of nitrogens with zero attached hydrogens (tertiary/aromatic N) is 3. The second-order valence-corrected chi connectivity index (χ2v) is 10.9. The van der Waals surface area contributed by atoms with E-state index in [1.807, 2.05) is 30.5 Å². The minimum absolute atomic E-state index is 0. The summed E-state index contributed by atoms with van der Waals surface area (Å²) in [5.41, 5.74) is 3.90. The van der Waals surface area contributed by atoms with E-state index in [1.54, 1.807) is 42.7 Å². The number of aromatic nitrogens is 2. The number of rotatable bonds is 9. The van der Waals surface area contributed by atoms with E-state index >= 15 is 4.39 Å². The summed E-state index contributed by atoms with van der Waals surface area (Å²) in [6, 6.07) is 21.1. The summed E-state index contributed by atoms with van der Waals surface area (Å²) in [5.74, 6) is -2.01. The van der Waals surface area contributed by atoms with E-state index in [0.29, 0.717) is 24.5 Å². The number of nitrogens with one attached hydrogen (secondary N) is 3. The summed E-state index contributed by atoms with van der Waals surface area (Å²) >= 11 is 0. The molecule has 1 saturated heterocycles. The standard InChI is InChI=1S/C34H32F2N6O2.ClH/c35-25-7-5-23(6-8-25)22-41-15-17-42(18-16-41)27-9-10-29(30(36)20-27)33(43)40-32(34(44)39-26-11-13-37-14-12-26)19-24-21-38-31-4-2-1-3-28(24)31;/h1-14,20-21,32,38H,15-19,22H2,(H,40,43)(H,37,39,44);1H/t32-;/m0./s1. The molecule has 3 heterocycles. The maximum atomic E-state index is 15.4. The van der Waals surface area contributed by atoms with E-state index in [4.69, 9.17) is 0 Å². The van der Waals surface area contributed by atoms with Gasteiger partial charge < -0.3 is 20.5 Å². The van der Waals surface area contributed by atoms with Crippen LogP contribution in [0.4, 0.5) is 20.2 Å². The zero-order valence-corrected chi connectivity index (χ0v) is 25.2. The summed E-state index contributed by atoms with van der Waals surface area (Å²) in [5, 5.41) is 6.53. The van der Waals surface area contributed by atoms with Gasteiger partial charge in [0.15, 0.2) is 0 Å². The Morgan fingerprint density at radius 1 is 0.911 bits per heavy atom. The topological polar surface area (TPSA) is 93.4 Å². The zero-order valence-electron chi connectivity index (χ0n) is 24.4. The number of carbonyl (C=O) groups excluding carboxylic acids is 2. The van der Waals surface area contributed by atoms with Gasteiger partial charge in [0, 0.05) is 80.0 Å². The largest absolute Gasteiger partial charge is 0.369 e. The predicted molar refractivity (Wildman–Crippen MR) is 174 cm³/mol. The highest BCUT2D eigenvalue weighted by molar-refractivity contribution is 6.02. The lowest BCUT2D eigenvalue weighted by atomic mass is 10.0. The van der Waals surface area contributed by atoms with E-state index in [1.165, 1.54) is 24.3 Å². The van der Waals surface area contributed by atoms with Gasteiger partial charge in [0.2, 0.25) is 5.91 Å². The second kappa shape index (κ2) is 14.3. The van der Waals surface area contributed by atoms with Crippen LogP contribution in [0.3, 0.4) is 0 Å². The van der Waals surface area contributed by atoms with Crippen LogP contribution in [0.2, 0.25) is 0 Å². The van der Waals surface area contributed by atoms with E-state index in [2.05, 4.69) is 30.4 Å². The van der Waals surface area contributed by atoms with Crippen LogP contribution >= 0.6 is 12.4 Å². The van der Waals surface area contributed by atoms with Gasteiger partial charge in [0.25, 0.3) is 5.91 Å². The van der Waals surface area contributed by atoms with Crippen molar-refractivity contribution in [3.05, 3.63) is 126 Å². The fourth-order valence-corrected chi connectivity index (χ4v) is 5.53. The van der Waals surface area contributed by atoms with Crippen molar-refractivity contribution in [1.82, 2.24) is 20.2 Å². The van der Waals surface area contributed by atoms with Crippen molar-refractivity contribution in [3.63, 3.8) is 0 Å². The third-order valence-corrected chi connectivity index (χ3v) is 7.92. The highest BCUT2D eigenvalue weighted by atomic mass is 35.5.